The molecule has 0 spiro atoms. The van der Waals surface area contributed by atoms with E-state index in [1.54, 1.807) is 7.11 Å². The first-order valence-corrected chi connectivity index (χ1v) is 7.62. The van der Waals surface area contributed by atoms with E-state index in [0.717, 1.165) is 12.3 Å². The summed E-state index contributed by atoms with van der Waals surface area (Å²) in [6, 6.07) is 13.0. The quantitative estimate of drug-likeness (QED) is 0.514. The molecule has 1 heterocycles. The maximum absolute atomic E-state index is 5.29. The maximum atomic E-state index is 5.29. The molecule has 0 aliphatic rings. The van der Waals surface area contributed by atoms with Crippen molar-refractivity contribution in [1.29, 1.82) is 0 Å². The number of nitrogens with zero attached hydrogens (tertiary/aromatic N) is 1. The molecule has 0 fully saturated rings. The van der Waals surface area contributed by atoms with Gasteiger partial charge in [0, 0.05) is 0 Å². The van der Waals surface area contributed by atoms with Gasteiger partial charge in [-0.1, -0.05) is 35.6 Å². The first-order valence-electron chi connectivity index (χ1n) is 6.81. The lowest BCUT2D eigenvalue weighted by molar-refractivity contribution is -0.664. The average Bonchev–Trinajstić information content (AvgIpc) is 2.84. The average molecular weight is 284 g/mol. The van der Waals surface area contributed by atoms with Crippen molar-refractivity contribution in [2.45, 2.75) is 20.4 Å². The summed E-state index contributed by atoms with van der Waals surface area (Å²) in [6.07, 6.45) is 2.11. The number of benzene rings is 2. The molecule has 0 saturated heterocycles. The van der Waals surface area contributed by atoms with E-state index in [1.165, 1.54) is 26.0 Å². The van der Waals surface area contributed by atoms with E-state index in [0.29, 0.717) is 0 Å². The van der Waals surface area contributed by atoms with Gasteiger partial charge in [0.25, 0.3) is 5.01 Å². The van der Waals surface area contributed by atoms with Crippen LogP contribution in [-0.2, 0) is 11.3 Å². The summed E-state index contributed by atoms with van der Waals surface area (Å²) < 4.78 is 8.98. The fourth-order valence-corrected chi connectivity index (χ4v) is 3.76. The normalized spacial score (nSPS) is 12.2. The summed E-state index contributed by atoms with van der Waals surface area (Å²) >= 11 is 1.81. The highest BCUT2D eigenvalue weighted by Crippen LogP contribution is 2.29. The molecule has 0 atom stereocenters. The predicted octanol–water partition coefficient (Wildman–Crippen LogP) is 4.37. The second-order valence-electron chi connectivity index (χ2n) is 4.78. The van der Waals surface area contributed by atoms with Gasteiger partial charge in [0.2, 0.25) is 5.52 Å². The fraction of sp³-hybridized carbons (Fsp3) is 0.235. The smallest absolute Gasteiger partial charge is 0.266 e. The van der Waals surface area contributed by atoms with Gasteiger partial charge in [-0.2, -0.15) is 4.57 Å². The van der Waals surface area contributed by atoms with Crippen molar-refractivity contribution >= 4 is 38.4 Å². The largest absolute Gasteiger partial charge is 0.501 e. The zero-order valence-corrected chi connectivity index (χ0v) is 12.8. The molecule has 3 aromatic rings. The van der Waals surface area contributed by atoms with Crippen molar-refractivity contribution in [3.63, 3.8) is 0 Å². The lowest BCUT2D eigenvalue weighted by atomic mass is 10.1. The lowest BCUT2D eigenvalue weighted by Crippen LogP contribution is -2.33. The molecule has 2 aromatic carbocycles. The summed E-state index contributed by atoms with van der Waals surface area (Å²) in [5, 5.41) is 3.84. The molecule has 0 saturated carbocycles. The number of hydrogen-bond acceptors (Lipinski definition) is 2. The molecule has 0 aliphatic carbocycles. The van der Waals surface area contributed by atoms with E-state index >= 15 is 0 Å². The lowest BCUT2D eigenvalue weighted by Gasteiger charge is -1.98. The zero-order chi connectivity index (χ0) is 14.1. The second kappa shape index (κ2) is 5.25. The first-order chi connectivity index (χ1) is 9.74. The van der Waals surface area contributed by atoms with Crippen LogP contribution in [0.1, 0.15) is 18.9 Å². The molecule has 3 heteroatoms. The molecule has 2 nitrogen and oxygen atoms in total. The Hall–Kier alpha value is -1.87. The number of aryl methyl sites for hydroxylation is 1. The Kier molecular flexibility index (Phi) is 3.45. The number of hydrogen-bond donors (Lipinski definition) is 0. The Labute approximate surface area is 122 Å². The van der Waals surface area contributed by atoms with Gasteiger partial charge in [-0.3, -0.25) is 0 Å². The summed E-state index contributed by atoms with van der Waals surface area (Å²) in [5.41, 5.74) is 1.32. The fourth-order valence-electron chi connectivity index (χ4n) is 2.53. The Bertz CT molecular complexity index is 801. The van der Waals surface area contributed by atoms with Crippen LogP contribution in [0, 0.1) is 0 Å². The molecular weight excluding hydrogens is 266 g/mol. The topological polar surface area (TPSA) is 13.1 Å². The van der Waals surface area contributed by atoms with Crippen molar-refractivity contribution in [1.82, 2.24) is 0 Å². The van der Waals surface area contributed by atoms with Crippen LogP contribution in [-0.4, -0.2) is 7.11 Å². The number of fused-ring (bicyclic) bond motifs is 3. The second-order valence-corrected chi connectivity index (χ2v) is 5.84. The van der Waals surface area contributed by atoms with E-state index in [2.05, 4.69) is 54.0 Å². The van der Waals surface area contributed by atoms with Gasteiger partial charge in [-0.15, -0.1) is 0 Å². The van der Waals surface area contributed by atoms with Crippen LogP contribution in [0.15, 0.2) is 42.2 Å². The minimum Gasteiger partial charge on any atom is -0.501 e. The molecular formula is C17H18NOS+. The molecule has 0 aliphatic heterocycles. The molecule has 102 valence electrons. The van der Waals surface area contributed by atoms with Crippen molar-refractivity contribution < 1.29 is 9.30 Å². The SMILES string of the molecule is CC[n+]1c(C=C(C)OC)sc2ccc3ccccc3c21. The Morgan fingerprint density at radius 3 is 2.80 bits per heavy atom. The number of thiazole rings is 1. The van der Waals surface area contributed by atoms with Gasteiger partial charge in [0.05, 0.1) is 24.3 Å². The van der Waals surface area contributed by atoms with Gasteiger partial charge in [0.15, 0.2) is 0 Å². The number of rotatable bonds is 3. The summed E-state index contributed by atoms with van der Waals surface area (Å²) in [4.78, 5) is 0. The van der Waals surface area contributed by atoms with E-state index in [1.807, 2.05) is 18.3 Å². The van der Waals surface area contributed by atoms with Crippen molar-refractivity contribution in [2.24, 2.45) is 0 Å². The summed E-state index contributed by atoms with van der Waals surface area (Å²) in [6.45, 7) is 5.13. The maximum Gasteiger partial charge on any atom is 0.266 e. The van der Waals surface area contributed by atoms with Gasteiger partial charge >= 0.3 is 0 Å². The third kappa shape index (κ3) is 2.08. The zero-order valence-electron chi connectivity index (χ0n) is 12.0. The molecule has 20 heavy (non-hydrogen) atoms. The van der Waals surface area contributed by atoms with E-state index in [9.17, 15) is 0 Å². The third-order valence-electron chi connectivity index (χ3n) is 3.58. The molecule has 0 amide bonds. The third-order valence-corrected chi connectivity index (χ3v) is 4.68. The predicted molar refractivity (Wildman–Crippen MR) is 85.9 cm³/mol. The van der Waals surface area contributed by atoms with Crippen LogP contribution < -0.4 is 4.57 Å². The minimum absolute atomic E-state index is 0.933. The van der Waals surface area contributed by atoms with Crippen LogP contribution in [0.2, 0.25) is 0 Å². The monoisotopic (exact) mass is 284 g/mol. The van der Waals surface area contributed by atoms with Crippen molar-refractivity contribution in [2.75, 3.05) is 7.11 Å². The molecule has 0 unspecified atom stereocenters. The number of allylic oxidation sites excluding steroid dienone is 1. The molecule has 1 aromatic heterocycles. The van der Waals surface area contributed by atoms with E-state index in [-0.39, 0.29) is 0 Å². The van der Waals surface area contributed by atoms with Crippen LogP contribution in [0.3, 0.4) is 0 Å². The summed E-state index contributed by atoms with van der Waals surface area (Å²) in [7, 11) is 1.71. The highest BCUT2D eigenvalue weighted by atomic mass is 32.1. The Morgan fingerprint density at radius 2 is 2.05 bits per heavy atom. The Balaban J connectivity index is 2.37. The van der Waals surface area contributed by atoms with Crippen LogP contribution >= 0.6 is 11.3 Å². The first kappa shape index (κ1) is 13.1. The number of aromatic nitrogens is 1. The van der Waals surface area contributed by atoms with Gasteiger partial charge in [-0.05, 0) is 31.4 Å². The Morgan fingerprint density at radius 1 is 1.25 bits per heavy atom. The van der Waals surface area contributed by atoms with Crippen LogP contribution in [0.5, 0.6) is 0 Å². The molecule has 0 N–H and O–H groups in total. The summed E-state index contributed by atoms with van der Waals surface area (Å²) in [5.74, 6) is 0.933. The molecule has 0 bridgehead atoms. The number of ether oxygens (including phenoxy) is 1. The van der Waals surface area contributed by atoms with Gasteiger partial charge in [0.1, 0.15) is 11.2 Å². The van der Waals surface area contributed by atoms with Crippen molar-refractivity contribution in [3.05, 3.63) is 47.2 Å². The standard InChI is InChI=1S/C17H18NOS/c1-4-18-16(11-12(2)19-3)20-15-10-9-13-7-5-6-8-14(13)17(15)18/h5-11H,4H2,1-3H3/q+1. The van der Waals surface area contributed by atoms with Crippen molar-refractivity contribution in [3.8, 4) is 0 Å². The van der Waals surface area contributed by atoms with E-state index in [4.69, 9.17) is 4.74 Å². The number of methoxy groups -OCH3 is 1. The van der Waals surface area contributed by atoms with Crippen LogP contribution in [0.25, 0.3) is 27.1 Å². The highest BCUT2D eigenvalue weighted by Gasteiger charge is 2.20. The molecule has 3 rings (SSSR count). The van der Waals surface area contributed by atoms with Gasteiger partial charge < -0.3 is 4.74 Å². The highest BCUT2D eigenvalue weighted by molar-refractivity contribution is 7.19. The van der Waals surface area contributed by atoms with Crippen LogP contribution in [0.4, 0.5) is 0 Å². The van der Waals surface area contributed by atoms with Gasteiger partial charge in [-0.25, -0.2) is 0 Å². The molecule has 0 radical (unpaired) electrons. The minimum atomic E-state index is 0.933. The van der Waals surface area contributed by atoms with E-state index < -0.39 is 0 Å².